The fourth-order valence-corrected chi connectivity index (χ4v) is 8.85. The maximum atomic E-state index is 15.9. The van der Waals surface area contributed by atoms with Gasteiger partial charge in [-0.3, -0.25) is 9.36 Å². The molecule has 1 aliphatic rings. The van der Waals surface area contributed by atoms with E-state index in [0.717, 1.165) is 37.8 Å². The molecule has 1 aliphatic heterocycles. The molecule has 1 amide bonds. The Kier molecular flexibility index (Phi) is 8.20. The highest BCUT2D eigenvalue weighted by Crippen LogP contribution is 2.37. The van der Waals surface area contributed by atoms with Crippen molar-refractivity contribution in [2.75, 3.05) is 11.9 Å². The Bertz CT molecular complexity index is 2300. The molecule has 2 N–H and O–H groups in total. The quantitative estimate of drug-likeness (QED) is 0.206. The van der Waals surface area contributed by atoms with E-state index in [2.05, 4.69) is 20.3 Å². The number of aryl methyl sites for hydroxylation is 1. The molecule has 3 aromatic heterocycles. The van der Waals surface area contributed by atoms with Gasteiger partial charge in [-0.25, -0.2) is 27.6 Å². The van der Waals surface area contributed by atoms with E-state index in [1.165, 1.54) is 21.7 Å². The maximum Gasteiger partial charge on any atom is 0.327 e. The van der Waals surface area contributed by atoms with Crippen LogP contribution in [0.2, 0.25) is 0 Å². The molecule has 1 saturated heterocycles. The van der Waals surface area contributed by atoms with Gasteiger partial charge in [0.2, 0.25) is 15.9 Å². The number of hydrogen-bond acceptors (Lipinski definition) is 7. The minimum Gasteiger partial charge on any atom is -0.322 e. The second-order valence-corrected chi connectivity index (χ2v) is 14.4. The molecule has 0 aliphatic carbocycles. The molecule has 1 fully saturated rings. The number of thiophene rings is 1. The molecule has 13 heteroatoms. The molecule has 10 nitrogen and oxygen atoms in total. The average Bonchev–Trinajstić information content (AvgIpc) is 3.50. The van der Waals surface area contributed by atoms with E-state index in [9.17, 15) is 18.0 Å². The number of nitrogens with zero attached hydrogens (tertiary/aromatic N) is 4. The minimum absolute atomic E-state index is 0.0213. The zero-order chi connectivity index (χ0) is 32.7. The number of fused-ring (bicyclic) bond motifs is 2. The summed E-state index contributed by atoms with van der Waals surface area (Å²) < 4.78 is 47.2. The number of imidazole rings is 1. The Morgan fingerprint density at radius 1 is 1.02 bits per heavy atom. The number of anilines is 1. The number of carbonyl (C=O) groups is 1. The first-order valence-electron chi connectivity index (χ1n) is 15.3. The lowest BCUT2D eigenvalue weighted by atomic mass is 10.0. The van der Waals surface area contributed by atoms with Crippen LogP contribution in [-0.4, -0.2) is 50.7 Å². The third-order valence-corrected chi connectivity index (χ3v) is 11.3. The summed E-state index contributed by atoms with van der Waals surface area (Å²) in [6.45, 7) is 1.89. The van der Waals surface area contributed by atoms with Crippen LogP contribution in [0.15, 0.2) is 83.2 Å². The van der Waals surface area contributed by atoms with Crippen LogP contribution in [0, 0.1) is 12.7 Å². The van der Waals surface area contributed by atoms with Gasteiger partial charge < -0.3 is 10.3 Å². The number of rotatable bonds is 7. The van der Waals surface area contributed by atoms with Crippen molar-refractivity contribution in [3.8, 4) is 22.3 Å². The van der Waals surface area contributed by atoms with Crippen molar-refractivity contribution in [1.82, 2.24) is 23.8 Å². The van der Waals surface area contributed by atoms with Crippen molar-refractivity contribution in [2.45, 2.75) is 44.5 Å². The van der Waals surface area contributed by atoms with Gasteiger partial charge in [0.15, 0.2) is 5.82 Å². The molecular formula is C34H31FN6O4S2. The summed E-state index contributed by atoms with van der Waals surface area (Å²) >= 11 is 1.51. The van der Waals surface area contributed by atoms with E-state index in [1.807, 2.05) is 29.6 Å². The van der Waals surface area contributed by atoms with Gasteiger partial charge >= 0.3 is 5.69 Å². The van der Waals surface area contributed by atoms with Crippen molar-refractivity contribution < 1.29 is 17.6 Å². The highest BCUT2D eigenvalue weighted by atomic mass is 32.2. The standard InChI is InChI=1S/C34H31FN6O4S2/c1-21-36-17-23(18-37-21)22-13-14-29-28(16-22)39-34(43)40(29)20-47(44,45)41-15-6-2-3-11-30(41)33(42)38-27-10-7-9-25(32(27)35)26-19-46-31-12-5-4-8-24(26)31/h4-5,7-10,12-14,16-19,30H,2-3,6,11,15,20H2,1H3,(H,38,42)(H,39,43). The molecule has 1 atom stereocenters. The van der Waals surface area contributed by atoms with Crippen LogP contribution in [-0.2, 0) is 20.7 Å². The SMILES string of the molecule is Cc1ncc(-c2ccc3c(c2)[nH]c(=O)n3CS(=O)(=O)N2CCCCCC2C(=O)Nc2cccc(-c3csc4ccccc34)c2F)cn1. The van der Waals surface area contributed by atoms with E-state index >= 15 is 4.39 Å². The van der Waals surface area contributed by atoms with E-state index in [0.29, 0.717) is 35.3 Å². The van der Waals surface area contributed by atoms with Crippen LogP contribution in [0.5, 0.6) is 0 Å². The Labute approximate surface area is 274 Å². The largest absolute Gasteiger partial charge is 0.327 e. The Morgan fingerprint density at radius 3 is 2.66 bits per heavy atom. The summed E-state index contributed by atoms with van der Waals surface area (Å²) in [6.07, 6.45) is 5.56. The van der Waals surface area contributed by atoms with Gasteiger partial charge in [-0.1, -0.05) is 49.2 Å². The minimum atomic E-state index is -4.17. The molecule has 0 saturated carbocycles. The summed E-state index contributed by atoms with van der Waals surface area (Å²) in [5.41, 5.74) is 2.85. The van der Waals surface area contributed by atoms with Gasteiger partial charge in [-0.15, -0.1) is 11.3 Å². The smallest absolute Gasteiger partial charge is 0.322 e. The number of sulfonamides is 1. The van der Waals surface area contributed by atoms with Crippen LogP contribution in [0.25, 0.3) is 43.4 Å². The lowest BCUT2D eigenvalue weighted by Gasteiger charge is -2.28. The number of aromatic nitrogens is 4. The zero-order valence-electron chi connectivity index (χ0n) is 25.4. The van der Waals surface area contributed by atoms with E-state index in [1.54, 1.807) is 49.6 Å². The fraction of sp³-hybridized carbons (Fsp3) is 0.235. The van der Waals surface area contributed by atoms with Gasteiger partial charge in [0.25, 0.3) is 0 Å². The Hall–Kier alpha value is -4.72. The average molecular weight is 671 g/mol. The van der Waals surface area contributed by atoms with Crippen LogP contribution < -0.4 is 11.0 Å². The third kappa shape index (κ3) is 5.97. The number of amides is 1. The van der Waals surface area contributed by atoms with E-state index < -0.39 is 39.4 Å². The van der Waals surface area contributed by atoms with Crippen LogP contribution >= 0.6 is 11.3 Å². The molecule has 0 bridgehead atoms. The molecule has 7 rings (SSSR count). The lowest BCUT2D eigenvalue weighted by Crippen LogP contribution is -2.48. The normalized spacial score (nSPS) is 16.0. The van der Waals surface area contributed by atoms with Crippen LogP contribution in [0.3, 0.4) is 0 Å². The van der Waals surface area contributed by atoms with Crippen LogP contribution in [0.4, 0.5) is 10.1 Å². The predicted molar refractivity (Wildman–Crippen MR) is 182 cm³/mol. The Balaban J connectivity index is 1.16. The molecule has 240 valence electrons. The topological polar surface area (TPSA) is 130 Å². The highest BCUT2D eigenvalue weighted by molar-refractivity contribution is 7.88. The molecule has 0 radical (unpaired) electrons. The second kappa shape index (κ2) is 12.5. The summed E-state index contributed by atoms with van der Waals surface area (Å²) in [7, 11) is -4.17. The summed E-state index contributed by atoms with van der Waals surface area (Å²) in [4.78, 5) is 38.0. The number of hydrogen-bond donors (Lipinski definition) is 2. The van der Waals surface area contributed by atoms with Crippen LogP contribution in [0.1, 0.15) is 31.5 Å². The maximum absolute atomic E-state index is 15.9. The first kappa shape index (κ1) is 30.9. The van der Waals surface area contributed by atoms with Gasteiger partial charge in [0.1, 0.15) is 17.7 Å². The monoisotopic (exact) mass is 670 g/mol. The van der Waals surface area contributed by atoms with Crippen molar-refractivity contribution in [3.05, 3.63) is 101 Å². The molecular weight excluding hydrogens is 640 g/mol. The lowest BCUT2D eigenvalue weighted by molar-refractivity contribution is -0.119. The van der Waals surface area contributed by atoms with Crippen molar-refractivity contribution in [3.63, 3.8) is 0 Å². The molecule has 4 heterocycles. The molecule has 3 aromatic carbocycles. The molecule has 0 spiro atoms. The summed E-state index contributed by atoms with van der Waals surface area (Å²) in [5.74, 6) is -1.23. The predicted octanol–water partition coefficient (Wildman–Crippen LogP) is 6.29. The zero-order valence-corrected chi connectivity index (χ0v) is 27.1. The number of halogens is 1. The van der Waals surface area contributed by atoms with Gasteiger partial charge in [0.05, 0.1) is 16.7 Å². The number of nitrogens with one attached hydrogen (secondary N) is 2. The number of aromatic amines is 1. The molecule has 1 unspecified atom stereocenters. The number of H-pyrrole nitrogens is 1. The third-order valence-electron chi connectivity index (χ3n) is 8.57. The van der Waals surface area contributed by atoms with Crippen molar-refractivity contribution in [2.24, 2.45) is 0 Å². The van der Waals surface area contributed by atoms with Crippen molar-refractivity contribution >= 4 is 54.1 Å². The van der Waals surface area contributed by atoms with Gasteiger partial charge in [0, 0.05) is 45.7 Å². The van der Waals surface area contributed by atoms with Gasteiger partial charge in [-0.2, -0.15) is 4.31 Å². The van der Waals surface area contributed by atoms with E-state index in [4.69, 9.17) is 0 Å². The summed E-state index contributed by atoms with van der Waals surface area (Å²) in [6, 6.07) is 16.7. The van der Waals surface area contributed by atoms with E-state index in [-0.39, 0.29) is 18.7 Å². The molecule has 47 heavy (non-hydrogen) atoms. The van der Waals surface area contributed by atoms with Crippen molar-refractivity contribution in [1.29, 1.82) is 0 Å². The number of benzene rings is 3. The Morgan fingerprint density at radius 2 is 1.83 bits per heavy atom. The summed E-state index contributed by atoms with van der Waals surface area (Å²) in [5, 5.41) is 5.48. The number of carbonyl (C=O) groups excluding carboxylic acids is 1. The highest BCUT2D eigenvalue weighted by Gasteiger charge is 2.37. The van der Waals surface area contributed by atoms with Gasteiger partial charge in [-0.05, 0) is 55.0 Å². The second-order valence-electron chi connectivity index (χ2n) is 11.6. The first-order valence-corrected chi connectivity index (χ1v) is 17.8. The molecule has 6 aromatic rings. The first-order chi connectivity index (χ1) is 22.7. The fourth-order valence-electron chi connectivity index (χ4n) is 6.17.